The minimum Gasteiger partial charge on any atom is -0.493 e. The van der Waals surface area contributed by atoms with Gasteiger partial charge in [0.15, 0.2) is 11.5 Å². The number of benzene rings is 1. The lowest BCUT2D eigenvalue weighted by molar-refractivity contribution is 0.351. The van der Waals surface area contributed by atoms with Gasteiger partial charge in [-0.05, 0) is 12.1 Å². The monoisotopic (exact) mass is 298 g/mol. The van der Waals surface area contributed by atoms with Crippen molar-refractivity contribution >= 4 is 11.6 Å². The minimum absolute atomic E-state index is 0.334. The lowest BCUT2D eigenvalue weighted by atomic mass is 10.0. The van der Waals surface area contributed by atoms with Crippen molar-refractivity contribution in [2.75, 3.05) is 14.2 Å². The maximum Gasteiger partial charge on any atom is 0.163 e. The quantitative estimate of drug-likeness (QED) is 0.770. The van der Waals surface area contributed by atoms with Crippen LogP contribution in [0.5, 0.6) is 11.5 Å². The van der Waals surface area contributed by atoms with Crippen molar-refractivity contribution in [3.63, 3.8) is 0 Å². The van der Waals surface area contributed by atoms with Crippen LogP contribution < -0.4 is 9.47 Å². The summed E-state index contributed by atoms with van der Waals surface area (Å²) in [5.74, 6) is 1.08. The van der Waals surface area contributed by atoms with E-state index in [9.17, 15) is 4.39 Å². The number of methoxy groups -OCH3 is 2. The summed E-state index contributed by atoms with van der Waals surface area (Å²) in [6, 6.07) is 4.58. The van der Waals surface area contributed by atoms with E-state index < -0.39 is 11.2 Å². The summed E-state index contributed by atoms with van der Waals surface area (Å²) in [6.45, 7) is 1.96. The highest BCUT2D eigenvalue weighted by Gasteiger charge is 2.22. The SMILES string of the molecule is CCc1occc1C(Cl)c1cc(OC)c(OC)cc1F. The van der Waals surface area contributed by atoms with Gasteiger partial charge >= 0.3 is 0 Å². The van der Waals surface area contributed by atoms with Crippen molar-refractivity contribution < 1.29 is 18.3 Å². The van der Waals surface area contributed by atoms with Gasteiger partial charge in [-0.15, -0.1) is 11.6 Å². The second kappa shape index (κ2) is 6.18. The first-order valence-corrected chi connectivity index (χ1v) is 6.67. The average Bonchev–Trinajstić information content (AvgIpc) is 2.94. The van der Waals surface area contributed by atoms with Gasteiger partial charge < -0.3 is 13.9 Å². The molecule has 1 heterocycles. The molecule has 1 aromatic carbocycles. The van der Waals surface area contributed by atoms with Crippen LogP contribution in [0.3, 0.4) is 0 Å². The van der Waals surface area contributed by atoms with Crippen LogP contribution in [-0.2, 0) is 6.42 Å². The summed E-state index contributed by atoms with van der Waals surface area (Å²) in [7, 11) is 2.96. The molecule has 0 aliphatic rings. The van der Waals surface area contributed by atoms with Crippen molar-refractivity contribution in [2.24, 2.45) is 0 Å². The highest BCUT2D eigenvalue weighted by Crippen LogP contribution is 2.38. The number of hydrogen-bond acceptors (Lipinski definition) is 3. The van der Waals surface area contributed by atoms with Crippen molar-refractivity contribution in [2.45, 2.75) is 18.7 Å². The van der Waals surface area contributed by atoms with Gasteiger partial charge in [0.1, 0.15) is 11.6 Å². The van der Waals surface area contributed by atoms with Gasteiger partial charge in [0, 0.05) is 23.6 Å². The van der Waals surface area contributed by atoms with Crippen LogP contribution in [0.2, 0.25) is 0 Å². The fraction of sp³-hybridized carbons (Fsp3) is 0.333. The predicted molar refractivity (Wildman–Crippen MR) is 75.3 cm³/mol. The zero-order chi connectivity index (χ0) is 14.7. The highest BCUT2D eigenvalue weighted by molar-refractivity contribution is 6.22. The van der Waals surface area contributed by atoms with Crippen LogP contribution in [0.4, 0.5) is 4.39 Å². The Balaban J connectivity index is 2.46. The Morgan fingerprint density at radius 2 is 1.85 bits per heavy atom. The number of ether oxygens (including phenoxy) is 2. The number of hydrogen-bond donors (Lipinski definition) is 0. The molecule has 0 amide bonds. The average molecular weight is 299 g/mol. The molecule has 20 heavy (non-hydrogen) atoms. The summed E-state index contributed by atoms with van der Waals surface area (Å²) in [6.07, 6.45) is 2.25. The maximum absolute atomic E-state index is 14.2. The molecule has 0 aliphatic carbocycles. The molecule has 0 spiro atoms. The summed E-state index contributed by atoms with van der Waals surface area (Å²) >= 11 is 6.39. The Morgan fingerprint density at radius 3 is 2.45 bits per heavy atom. The van der Waals surface area contributed by atoms with E-state index >= 15 is 0 Å². The van der Waals surface area contributed by atoms with Crippen LogP contribution in [0.15, 0.2) is 28.9 Å². The summed E-state index contributed by atoms with van der Waals surface area (Å²) in [4.78, 5) is 0. The molecule has 0 saturated heterocycles. The minimum atomic E-state index is -0.636. The largest absolute Gasteiger partial charge is 0.493 e. The molecule has 0 bridgehead atoms. The van der Waals surface area contributed by atoms with E-state index in [4.69, 9.17) is 25.5 Å². The second-order valence-corrected chi connectivity index (χ2v) is 4.68. The van der Waals surface area contributed by atoms with Crippen LogP contribution in [0.25, 0.3) is 0 Å². The van der Waals surface area contributed by atoms with Crippen LogP contribution >= 0.6 is 11.6 Å². The highest BCUT2D eigenvalue weighted by atomic mass is 35.5. The van der Waals surface area contributed by atoms with Crippen molar-refractivity contribution in [1.29, 1.82) is 0 Å². The molecule has 3 nitrogen and oxygen atoms in total. The van der Waals surface area contributed by atoms with Gasteiger partial charge in [-0.1, -0.05) is 6.92 Å². The van der Waals surface area contributed by atoms with E-state index in [1.807, 2.05) is 6.92 Å². The Bertz CT molecular complexity index is 595. The van der Waals surface area contributed by atoms with Gasteiger partial charge in [-0.25, -0.2) is 4.39 Å². The Hall–Kier alpha value is -1.68. The summed E-state index contributed by atoms with van der Waals surface area (Å²) in [5, 5.41) is -0.636. The maximum atomic E-state index is 14.2. The molecule has 0 saturated carbocycles. The van der Waals surface area contributed by atoms with E-state index in [0.717, 1.165) is 11.3 Å². The smallest absolute Gasteiger partial charge is 0.163 e. The Kier molecular flexibility index (Phi) is 4.55. The van der Waals surface area contributed by atoms with E-state index in [2.05, 4.69) is 0 Å². The zero-order valence-corrected chi connectivity index (χ0v) is 12.3. The van der Waals surface area contributed by atoms with Crippen molar-refractivity contribution in [1.82, 2.24) is 0 Å². The van der Waals surface area contributed by atoms with E-state index in [1.54, 1.807) is 18.4 Å². The molecule has 0 radical (unpaired) electrons. The lowest BCUT2D eigenvalue weighted by Gasteiger charge is -2.14. The first-order valence-electron chi connectivity index (χ1n) is 6.24. The van der Waals surface area contributed by atoms with E-state index in [0.29, 0.717) is 23.5 Å². The third-order valence-corrected chi connectivity index (χ3v) is 3.62. The van der Waals surface area contributed by atoms with Crippen LogP contribution in [0.1, 0.15) is 29.2 Å². The van der Waals surface area contributed by atoms with E-state index in [-0.39, 0.29) is 0 Å². The van der Waals surface area contributed by atoms with Gasteiger partial charge in [0.2, 0.25) is 0 Å². The normalized spacial score (nSPS) is 12.2. The topological polar surface area (TPSA) is 31.6 Å². The molecule has 1 atom stereocenters. The molecule has 108 valence electrons. The molecule has 5 heteroatoms. The first kappa shape index (κ1) is 14.7. The number of aryl methyl sites for hydroxylation is 1. The van der Waals surface area contributed by atoms with Gasteiger partial charge in [0.25, 0.3) is 0 Å². The molecular formula is C15H16ClFO3. The third kappa shape index (κ3) is 2.61. The Morgan fingerprint density at radius 1 is 1.20 bits per heavy atom. The fourth-order valence-corrected chi connectivity index (χ4v) is 2.46. The first-order chi connectivity index (χ1) is 9.62. The van der Waals surface area contributed by atoms with Crippen molar-refractivity contribution in [3.8, 4) is 11.5 Å². The molecule has 2 rings (SSSR count). The Labute approximate surface area is 122 Å². The van der Waals surface area contributed by atoms with Gasteiger partial charge in [0.05, 0.1) is 25.9 Å². The van der Waals surface area contributed by atoms with Crippen LogP contribution in [0, 0.1) is 5.82 Å². The van der Waals surface area contributed by atoms with Crippen LogP contribution in [-0.4, -0.2) is 14.2 Å². The fourth-order valence-electron chi connectivity index (χ4n) is 2.10. The number of halogens is 2. The lowest BCUT2D eigenvalue weighted by Crippen LogP contribution is -2.01. The standard InChI is InChI=1S/C15H16ClFO3/c1-4-12-9(5-6-20-12)15(16)10-7-13(18-2)14(19-3)8-11(10)17/h5-8,15H,4H2,1-3H3. The molecule has 2 aromatic rings. The molecular weight excluding hydrogens is 283 g/mol. The number of alkyl halides is 1. The molecule has 1 aromatic heterocycles. The predicted octanol–water partition coefficient (Wildman–Crippen LogP) is 4.33. The number of furan rings is 1. The van der Waals surface area contributed by atoms with E-state index in [1.165, 1.54) is 20.3 Å². The van der Waals surface area contributed by atoms with Gasteiger partial charge in [-0.2, -0.15) is 0 Å². The molecule has 1 unspecified atom stereocenters. The summed E-state index contributed by atoms with van der Waals surface area (Å²) in [5.41, 5.74) is 1.10. The molecule has 0 aliphatic heterocycles. The second-order valence-electron chi connectivity index (χ2n) is 4.24. The molecule has 0 N–H and O–H groups in total. The van der Waals surface area contributed by atoms with Gasteiger partial charge in [-0.3, -0.25) is 0 Å². The number of rotatable bonds is 5. The summed E-state index contributed by atoms with van der Waals surface area (Å²) < 4.78 is 29.8. The third-order valence-electron chi connectivity index (χ3n) is 3.15. The van der Waals surface area contributed by atoms with Crippen molar-refractivity contribution in [3.05, 3.63) is 47.2 Å². The molecule has 0 fully saturated rings. The zero-order valence-electron chi connectivity index (χ0n) is 11.6.